The number of unbranched alkanes of at least 4 members (excludes halogenated alkanes) is 8. The second-order valence-corrected chi connectivity index (χ2v) is 14.5. The van der Waals surface area contributed by atoms with Gasteiger partial charge in [-0.25, -0.2) is 4.68 Å². The minimum atomic E-state index is -1.05. The van der Waals surface area contributed by atoms with Crippen LogP contribution in [0.4, 0.5) is 5.69 Å². The van der Waals surface area contributed by atoms with Crippen LogP contribution < -0.4 is 10.1 Å². The number of aromatic nitrogens is 2. The number of nitro groups is 1. The number of aryl methyl sites for hydroxylation is 1. The quantitative estimate of drug-likeness (QED) is 0.0337. The summed E-state index contributed by atoms with van der Waals surface area (Å²) in [6.07, 6.45) is 11.2. The van der Waals surface area contributed by atoms with E-state index in [1.54, 1.807) is 46.8 Å². The van der Waals surface area contributed by atoms with E-state index >= 15 is 0 Å². The molecule has 3 N–H and O–H groups in total. The number of carboxylic acids is 1. The molecule has 54 heavy (non-hydrogen) atoms. The van der Waals surface area contributed by atoms with Crippen LogP contribution in [0.15, 0.2) is 54.6 Å². The van der Waals surface area contributed by atoms with Crippen molar-refractivity contribution in [2.24, 2.45) is 0 Å². The number of amides is 1. The van der Waals surface area contributed by atoms with Crippen molar-refractivity contribution in [3.8, 4) is 23.1 Å². The molecule has 1 heterocycles. The maximum atomic E-state index is 13.3. The number of aromatic hydroxyl groups is 1. The summed E-state index contributed by atoms with van der Waals surface area (Å²) in [6.45, 7) is 9.29. The number of nitrogens with one attached hydrogen (secondary N) is 1. The van der Waals surface area contributed by atoms with E-state index in [0.717, 1.165) is 62.3 Å². The summed E-state index contributed by atoms with van der Waals surface area (Å²) in [4.78, 5) is 37.8. The standard InChI is InChI=1S/C41H55N5O7S/c1-4-7-8-9-10-11-12-13-14-19-36-35(29-54-27-26-44(5-2)6-3)41(45(43-36)30-20-22-31(23-21-30)46(51)52)53-37-28-34(40(50)42-25-24-38(47)48)39(49)33-18-16-15-17-32(33)37/h15-18,20-23,28,49H,4-14,19,24-27,29H2,1-3H3,(H,42,50)(H,47,48). The number of carbonyl (C=O) groups is 2. The molecule has 0 bridgehead atoms. The van der Waals surface area contributed by atoms with E-state index in [4.69, 9.17) is 14.9 Å². The summed E-state index contributed by atoms with van der Waals surface area (Å²) in [5, 5.41) is 40.4. The number of fused-ring (bicyclic) bond motifs is 1. The van der Waals surface area contributed by atoms with E-state index in [1.165, 1.54) is 56.7 Å². The van der Waals surface area contributed by atoms with E-state index in [1.807, 2.05) is 6.07 Å². The second-order valence-electron chi connectivity index (χ2n) is 13.4. The maximum Gasteiger partial charge on any atom is 0.305 e. The predicted molar refractivity (Wildman–Crippen MR) is 215 cm³/mol. The van der Waals surface area contributed by atoms with Crippen LogP contribution >= 0.6 is 11.8 Å². The van der Waals surface area contributed by atoms with Gasteiger partial charge in [0, 0.05) is 53.1 Å². The molecule has 13 heteroatoms. The average molecular weight is 762 g/mol. The van der Waals surface area contributed by atoms with Gasteiger partial charge in [0.15, 0.2) is 0 Å². The maximum absolute atomic E-state index is 13.3. The zero-order valence-electron chi connectivity index (χ0n) is 31.8. The molecule has 1 aromatic heterocycles. The number of aliphatic carboxylic acids is 1. The molecule has 1 amide bonds. The van der Waals surface area contributed by atoms with Gasteiger partial charge in [0.25, 0.3) is 11.6 Å². The van der Waals surface area contributed by atoms with Crippen molar-refractivity contribution in [1.29, 1.82) is 0 Å². The first-order valence-electron chi connectivity index (χ1n) is 19.3. The molecule has 4 rings (SSSR count). The van der Waals surface area contributed by atoms with Crippen molar-refractivity contribution < 1.29 is 29.5 Å². The number of carbonyl (C=O) groups excluding carboxylic acids is 1. The van der Waals surface area contributed by atoms with Gasteiger partial charge in [0.05, 0.1) is 28.3 Å². The Morgan fingerprint density at radius 2 is 1.59 bits per heavy atom. The number of hydrogen-bond acceptors (Lipinski definition) is 9. The lowest BCUT2D eigenvalue weighted by molar-refractivity contribution is -0.384. The highest BCUT2D eigenvalue weighted by atomic mass is 32.2. The highest BCUT2D eigenvalue weighted by molar-refractivity contribution is 7.98. The summed E-state index contributed by atoms with van der Waals surface area (Å²) in [6, 6.07) is 14.7. The van der Waals surface area contributed by atoms with Crippen LogP contribution in [0.2, 0.25) is 0 Å². The van der Waals surface area contributed by atoms with Crippen molar-refractivity contribution in [3.05, 3.63) is 81.5 Å². The largest absolute Gasteiger partial charge is 0.506 e. The van der Waals surface area contributed by atoms with E-state index in [-0.39, 0.29) is 30.0 Å². The molecular weight excluding hydrogens is 707 g/mol. The zero-order chi connectivity index (χ0) is 38.9. The van der Waals surface area contributed by atoms with E-state index in [0.29, 0.717) is 33.8 Å². The molecule has 4 aromatic rings. The Labute approximate surface area is 322 Å². The summed E-state index contributed by atoms with van der Waals surface area (Å²) in [5.74, 6) is 0.303. The van der Waals surface area contributed by atoms with Crippen LogP contribution in [0.5, 0.6) is 17.4 Å². The molecule has 0 saturated carbocycles. The molecular formula is C41H55N5O7S. The number of rotatable bonds is 25. The lowest BCUT2D eigenvalue weighted by atomic mass is 10.0. The van der Waals surface area contributed by atoms with E-state index < -0.39 is 16.8 Å². The Balaban J connectivity index is 1.75. The van der Waals surface area contributed by atoms with Gasteiger partial charge in [-0.15, -0.1) is 0 Å². The first-order valence-corrected chi connectivity index (χ1v) is 20.4. The normalized spacial score (nSPS) is 11.3. The Morgan fingerprint density at radius 3 is 2.22 bits per heavy atom. The van der Waals surface area contributed by atoms with Crippen molar-refractivity contribution >= 4 is 40.1 Å². The lowest BCUT2D eigenvalue weighted by Gasteiger charge is -2.18. The van der Waals surface area contributed by atoms with Gasteiger partial charge in [-0.1, -0.05) is 96.4 Å². The molecule has 292 valence electrons. The molecule has 0 unspecified atom stereocenters. The van der Waals surface area contributed by atoms with Gasteiger partial charge >= 0.3 is 5.97 Å². The average Bonchev–Trinajstić information content (AvgIpc) is 3.51. The summed E-state index contributed by atoms with van der Waals surface area (Å²) >= 11 is 1.79. The van der Waals surface area contributed by atoms with Crippen molar-refractivity contribution in [2.75, 3.05) is 31.9 Å². The Kier molecular flexibility index (Phi) is 17.1. The van der Waals surface area contributed by atoms with Crippen LogP contribution in [-0.4, -0.2) is 73.6 Å². The van der Waals surface area contributed by atoms with Gasteiger partial charge in [-0.3, -0.25) is 19.7 Å². The summed E-state index contributed by atoms with van der Waals surface area (Å²) in [5.41, 5.74) is 2.27. The second kappa shape index (κ2) is 21.9. The number of phenols is 1. The van der Waals surface area contributed by atoms with Crippen LogP contribution in [0.3, 0.4) is 0 Å². The molecule has 0 saturated heterocycles. The van der Waals surface area contributed by atoms with Gasteiger partial charge in [0.2, 0.25) is 5.88 Å². The van der Waals surface area contributed by atoms with Crippen LogP contribution in [0.1, 0.15) is 107 Å². The number of nitrogens with zero attached hydrogens (tertiary/aromatic N) is 4. The number of hydrogen-bond donors (Lipinski definition) is 3. The van der Waals surface area contributed by atoms with Crippen LogP contribution in [0, 0.1) is 10.1 Å². The molecule has 0 fully saturated rings. The topological polar surface area (TPSA) is 160 Å². The fourth-order valence-electron chi connectivity index (χ4n) is 6.40. The predicted octanol–water partition coefficient (Wildman–Crippen LogP) is 9.28. The Bertz CT molecular complexity index is 1820. The third kappa shape index (κ3) is 11.9. The number of nitro benzene ring substituents is 1. The molecule has 0 spiro atoms. The van der Waals surface area contributed by atoms with Crippen molar-refractivity contribution in [2.45, 2.75) is 97.2 Å². The highest BCUT2D eigenvalue weighted by Crippen LogP contribution is 2.41. The molecule has 0 atom stereocenters. The first-order chi connectivity index (χ1) is 26.2. The molecule has 0 aliphatic rings. The number of ether oxygens (including phenoxy) is 1. The Hall–Kier alpha value is -4.62. The third-order valence-electron chi connectivity index (χ3n) is 9.59. The number of phenolic OH excluding ortho intramolecular Hbond substituents is 1. The number of thioether (sulfide) groups is 1. The Morgan fingerprint density at radius 1 is 0.944 bits per heavy atom. The number of non-ortho nitro benzene ring substituents is 1. The van der Waals surface area contributed by atoms with Crippen LogP contribution in [0.25, 0.3) is 16.5 Å². The van der Waals surface area contributed by atoms with E-state index in [9.17, 15) is 24.8 Å². The molecule has 0 aliphatic carbocycles. The van der Waals surface area contributed by atoms with Crippen molar-refractivity contribution in [1.82, 2.24) is 20.0 Å². The number of carboxylic acid groups (broad SMARTS) is 1. The fourth-order valence-corrected chi connectivity index (χ4v) is 7.42. The van der Waals surface area contributed by atoms with Crippen LogP contribution in [-0.2, 0) is 17.0 Å². The summed E-state index contributed by atoms with van der Waals surface area (Å²) in [7, 11) is 0. The van der Waals surface area contributed by atoms with E-state index in [2.05, 4.69) is 31.0 Å². The monoisotopic (exact) mass is 761 g/mol. The first kappa shape index (κ1) is 42.1. The molecule has 0 radical (unpaired) electrons. The smallest absolute Gasteiger partial charge is 0.305 e. The molecule has 12 nitrogen and oxygen atoms in total. The SMILES string of the molecule is CCCCCCCCCCCc1nn(-c2ccc([N+](=O)[O-])cc2)c(Oc2cc(C(=O)NCCC(=O)O)c(O)c3ccccc23)c1CSCCN(CC)CC. The lowest BCUT2D eigenvalue weighted by Crippen LogP contribution is -2.26. The van der Waals surface area contributed by atoms with Gasteiger partial charge < -0.3 is 25.2 Å². The fraction of sp³-hybridized carbons (Fsp3) is 0.488. The van der Waals surface area contributed by atoms with Crippen molar-refractivity contribution in [3.63, 3.8) is 0 Å². The number of benzene rings is 3. The minimum absolute atomic E-state index is 0.0430. The van der Waals surface area contributed by atoms with Gasteiger partial charge in [-0.05, 0) is 44.1 Å². The minimum Gasteiger partial charge on any atom is -0.506 e. The third-order valence-corrected chi connectivity index (χ3v) is 10.6. The van der Waals surface area contributed by atoms with Gasteiger partial charge in [-0.2, -0.15) is 16.9 Å². The molecule has 0 aliphatic heterocycles. The van der Waals surface area contributed by atoms with Gasteiger partial charge in [0.1, 0.15) is 11.5 Å². The highest BCUT2D eigenvalue weighted by Gasteiger charge is 2.25. The zero-order valence-corrected chi connectivity index (χ0v) is 32.7. The molecule has 3 aromatic carbocycles. The summed E-state index contributed by atoms with van der Waals surface area (Å²) < 4.78 is 8.51.